The zero-order valence-electron chi connectivity index (χ0n) is 11.1. The summed E-state index contributed by atoms with van der Waals surface area (Å²) in [6.45, 7) is 2.01. The smallest absolute Gasteiger partial charge is 0.340 e. The van der Waals surface area contributed by atoms with Gasteiger partial charge >= 0.3 is 5.97 Å². The van der Waals surface area contributed by atoms with Crippen molar-refractivity contribution in [3.05, 3.63) is 17.7 Å². The number of nitrogen functional groups attached to an aromatic ring is 1. The maximum absolute atomic E-state index is 12.1. The van der Waals surface area contributed by atoms with Crippen LogP contribution < -0.4 is 15.2 Å². The number of carbonyl (C=O) groups is 1. The first-order valence-electron chi connectivity index (χ1n) is 6.68. The van der Waals surface area contributed by atoms with E-state index in [2.05, 4.69) is 0 Å². The molecule has 0 bridgehead atoms. The van der Waals surface area contributed by atoms with Crippen molar-refractivity contribution in [3.8, 4) is 11.5 Å². The number of carbonyl (C=O) groups excluding carboxylic acids is 1. The van der Waals surface area contributed by atoms with Gasteiger partial charge in [0.1, 0.15) is 0 Å². The third-order valence-electron chi connectivity index (χ3n) is 3.56. The number of benzene rings is 1. The Bertz CT molecular complexity index is 511. The highest BCUT2D eigenvalue weighted by Crippen LogP contribution is 2.36. The van der Waals surface area contributed by atoms with E-state index in [0.717, 1.165) is 26.1 Å². The Kier molecular flexibility index (Phi) is 3.64. The number of fused-ring (bicyclic) bond motifs is 1. The van der Waals surface area contributed by atoms with Crippen LogP contribution in [-0.4, -0.2) is 32.6 Å². The molecule has 3 rings (SSSR count). The Hall–Kier alpha value is -1.95. The number of esters is 1. The van der Waals surface area contributed by atoms with E-state index in [1.54, 1.807) is 12.1 Å². The number of nitrogens with two attached hydrogens (primary N) is 1. The van der Waals surface area contributed by atoms with Crippen LogP contribution in [0.1, 0.15) is 23.2 Å². The van der Waals surface area contributed by atoms with Gasteiger partial charge in [-0.2, -0.15) is 0 Å². The molecule has 1 aromatic carbocycles. The zero-order valence-corrected chi connectivity index (χ0v) is 11.1. The van der Waals surface area contributed by atoms with Crippen LogP contribution >= 0.6 is 0 Å². The molecule has 0 amide bonds. The lowest BCUT2D eigenvalue weighted by Gasteiger charge is -2.21. The monoisotopic (exact) mass is 279 g/mol. The van der Waals surface area contributed by atoms with Crippen molar-refractivity contribution in [2.75, 3.05) is 32.3 Å². The van der Waals surface area contributed by atoms with Crippen LogP contribution in [0.5, 0.6) is 11.5 Å². The van der Waals surface area contributed by atoms with Crippen LogP contribution in [0.4, 0.5) is 5.69 Å². The van der Waals surface area contributed by atoms with E-state index in [-0.39, 0.29) is 6.79 Å². The average Bonchev–Trinajstić information content (AvgIpc) is 2.92. The SMILES string of the molecule is Nc1cc2c(cc1C(=O)OCC1CCOCC1)OCO2. The van der Waals surface area contributed by atoms with E-state index < -0.39 is 5.97 Å². The molecule has 0 unspecified atom stereocenters. The third kappa shape index (κ3) is 2.65. The van der Waals surface area contributed by atoms with E-state index in [1.807, 2.05) is 0 Å². The first-order chi connectivity index (χ1) is 9.74. The van der Waals surface area contributed by atoms with Gasteiger partial charge in [-0.1, -0.05) is 0 Å². The second-order valence-corrected chi connectivity index (χ2v) is 4.95. The van der Waals surface area contributed by atoms with Crippen molar-refractivity contribution in [1.82, 2.24) is 0 Å². The number of ether oxygens (including phenoxy) is 4. The first kappa shape index (κ1) is 13.1. The maximum Gasteiger partial charge on any atom is 0.340 e. The summed E-state index contributed by atoms with van der Waals surface area (Å²) in [5.41, 5.74) is 6.51. The molecule has 6 nitrogen and oxygen atoms in total. The topological polar surface area (TPSA) is 80.0 Å². The van der Waals surface area contributed by atoms with Crippen LogP contribution in [0.25, 0.3) is 0 Å². The number of rotatable bonds is 3. The molecule has 2 heterocycles. The van der Waals surface area contributed by atoms with Crippen LogP contribution in [0, 0.1) is 5.92 Å². The second kappa shape index (κ2) is 5.58. The summed E-state index contributed by atoms with van der Waals surface area (Å²) >= 11 is 0. The quantitative estimate of drug-likeness (QED) is 0.668. The van der Waals surface area contributed by atoms with Crippen LogP contribution in [0.3, 0.4) is 0 Å². The van der Waals surface area contributed by atoms with Gasteiger partial charge in [-0.3, -0.25) is 0 Å². The normalized spacial score (nSPS) is 18.0. The van der Waals surface area contributed by atoms with E-state index in [9.17, 15) is 4.79 Å². The largest absolute Gasteiger partial charge is 0.462 e. The lowest BCUT2D eigenvalue weighted by molar-refractivity contribution is 0.0186. The van der Waals surface area contributed by atoms with E-state index in [4.69, 9.17) is 24.7 Å². The number of anilines is 1. The van der Waals surface area contributed by atoms with Crippen molar-refractivity contribution in [2.24, 2.45) is 5.92 Å². The fourth-order valence-corrected chi connectivity index (χ4v) is 2.32. The molecular weight excluding hydrogens is 262 g/mol. The van der Waals surface area contributed by atoms with Gasteiger partial charge in [0.05, 0.1) is 17.9 Å². The summed E-state index contributed by atoms with van der Waals surface area (Å²) < 4.78 is 21.0. The van der Waals surface area contributed by atoms with Gasteiger partial charge in [0, 0.05) is 25.3 Å². The zero-order chi connectivity index (χ0) is 13.9. The molecule has 1 saturated heterocycles. The first-order valence-corrected chi connectivity index (χ1v) is 6.68. The van der Waals surface area contributed by atoms with Crippen LogP contribution in [-0.2, 0) is 9.47 Å². The molecule has 1 aromatic rings. The lowest BCUT2D eigenvalue weighted by atomic mass is 10.0. The summed E-state index contributed by atoms with van der Waals surface area (Å²) in [5, 5.41) is 0. The predicted molar refractivity (Wildman–Crippen MR) is 70.8 cm³/mol. The van der Waals surface area contributed by atoms with Crippen LogP contribution in [0.15, 0.2) is 12.1 Å². The van der Waals surface area contributed by atoms with Crippen molar-refractivity contribution >= 4 is 11.7 Å². The van der Waals surface area contributed by atoms with Gasteiger partial charge in [0.25, 0.3) is 0 Å². The van der Waals surface area contributed by atoms with E-state index >= 15 is 0 Å². The summed E-state index contributed by atoms with van der Waals surface area (Å²) in [4.78, 5) is 12.1. The van der Waals surface area contributed by atoms with Crippen LogP contribution in [0.2, 0.25) is 0 Å². The molecule has 0 aliphatic carbocycles. The van der Waals surface area contributed by atoms with Gasteiger partial charge in [-0.05, 0) is 18.8 Å². The van der Waals surface area contributed by atoms with Crippen molar-refractivity contribution in [1.29, 1.82) is 0 Å². The van der Waals surface area contributed by atoms with Crippen molar-refractivity contribution < 1.29 is 23.7 Å². The van der Waals surface area contributed by atoms with Gasteiger partial charge in [-0.25, -0.2) is 4.79 Å². The second-order valence-electron chi connectivity index (χ2n) is 4.95. The summed E-state index contributed by atoms with van der Waals surface area (Å²) in [6, 6.07) is 3.16. The molecule has 108 valence electrons. The number of hydrogen-bond acceptors (Lipinski definition) is 6. The summed E-state index contributed by atoms with van der Waals surface area (Å²) in [7, 11) is 0. The fraction of sp³-hybridized carbons (Fsp3) is 0.500. The molecular formula is C14H17NO5. The van der Waals surface area contributed by atoms with Gasteiger partial charge < -0.3 is 24.7 Å². The summed E-state index contributed by atoms with van der Waals surface area (Å²) in [5.74, 6) is 1.02. The molecule has 20 heavy (non-hydrogen) atoms. The lowest BCUT2D eigenvalue weighted by Crippen LogP contribution is -2.22. The minimum absolute atomic E-state index is 0.148. The Morgan fingerprint density at radius 1 is 1.25 bits per heavy atom. The highest BCUT2D eigenvalue weighted by molar-refractivity contribution is 5.96. The van der Waals surface area contributed by atoms with E-state index in [1.165, 1.54) is 0 Å². The molecule has 2 N–H and O–H groups in total. The molecule has 0 saturated carbocycles. The Morgan fingerprint density at radius 2 is 1.95 bits per heavy atom. The molecule has 0 atom stereocenters. The number of hydrogen-bond donors (Lipinski definition) is 1. The maximum atomic E-state index is 12.1. The average molecular weight is 279 g/mol. The standard InChI is InChI=1S/C14H17NO5/c15-11-6-13-12(19-8-20-13)5-10(11)14(16)18-7-9-1-3-17-4-2-9/h5-6,9H,1-4,7-8,15H2. The van der Waals surface area contributed by atoms with Crippen molar-refractivity contribution in [2.45, 2.75) is 12.8 Å². The molecule has 2 aliphatic rings. The van der Waals surface area contributed by atoms with E-state index in [0.29, 0.717) is 35.3 Å². The van der Waals surface area contributed by atoms with Gasteiger partial charge in [0.15, 0.2) is 11.5 Å². The van der Waals surface area contributed by atoms with Gasteiger partial charge in [-0.15, -0.1) is 0 Å². The molecule has 0 aromatic heterocycles. The fourth-order valence-electron chi connectivity index (χ4n) is 2.32. The summed E-state index contributed by atoms with van der Waals surface area (Å²) in [6.07, 6.45) is 1.84. The minimum Gasteiger partial charge on any atom is -0.462 e. The molecule has 2 aliphatic heterocycles. The highest BCUT2D eigenvalue weighted by atomic mass is 16.7. The molecule has 6 heteroatoms. The molecule has 1 fully saturated rings. The Morgan fingerprint density at radius 3 is 2.70 bits per heavy atom. The predicted octanol–water partition coefficient (Wildman–Crippen LogP) is 1.58. The Balaban J connectivity index is 1.64. The van der Waals surface area contributed by atoms with Gasteiger partial charge in [0.2, 0.25) is 6.79 Å². The minimum atomic E-state index is -0.424. The third-order valence-corrected chi connectivity index (χ3v) is 3.56. The molecule has 0 radical (unpaired) electrons. The molecule has 0 spiro atoms. The van der Waals surface area contributed by atoms with Crippen molar-refractivity contribution in [3.63, 3.8) is 0 Å². The highest BCUT2D eigenvalue weighted by Gasteiger charge is 2.22. The Labute approximate surface area is 116 Å².